The fraction of sp³-hybridized carbons (Fsp3) is 0.619. The molecule has 1 fully saturated rings. The Morgan fingerprint density at radius 2 is 1.71 bits per heavy atom. The number of ether oxygens (including phenoxy) is 1. The highest BCUT2D eigenvalue weighted by atomic mass is 19.2. The minimum atomic E-state index is -0.697. The largest absolute Gasteiger partial charge is 0.379 e. The van der Waals surface area contributed by atoms with Crippen molar-refractivity contribution in [3.63, 3.8) is 0 Å². The van der Waals surface area contributed by atoms with E-state index in [1.807, 2.05) is 0 Å². The molecule has 0 heterocycles. The molecule has 2 unspecified atom stereocenters. The lowest BCUT2D eigenvalue weighted by atomic mass is 9.73. The SMILES string of the molecule is CCOC1CCC(C2C=CC(c3ccc(C)c(F)c3F)CC2)CC1. The average Bonchev–Trinajstić information content (AvgIpc) is 2.61. The maximum atomic E-state index is 14.2. The molecule has 1 aromatic rings. The first-order chi connectivity index (χ1) is 11.6. The Morgan fingerprint density at radius 1 is 0.958 bits per heavy atom. The van der Waals surface area contributed by atoms with Crippen LogP contribution in [0.2, 0.25) is 0 Å². The zero-order valence-electron chi connectivity index (χ0n) is 14.7. The normalized spacial score (nSPS) is 30.5. The molecule has 0 N–H and O–H groups in total. The third-order valence-electron chi connectivity index (χ3n) is 5.83. The summed E-state index contributed by atoms with van der Waals surface area (Å²) in [4.78, 5) is 0. The molecule has 3 rings (SSSR count). The van der Waals surface area contributed by atoms with E-state index in [-0.39, 0.29) is 5.92 Å². The van der Waals surface area contributed by atoms with Gasteiger partial charge in [0, 0.05) is 12.5 Å². The number of rotatable bonds is 4. The Hall–Kier alpha value is -1.22. The van der Waals surface area contributed by atoms with Crippen LogP contribution in [0.5, 0.6) is 0 Å². The summed E-state index contributed by atoms with van der Waals surface area (Å²) in [6.07, 6.45) is 11.5. The third kappa shape index (κ3) is 3.72. The predicted octanol–water partition coefficient (Wildman–Crippen LogP) is 5.92. The molecule has 0 spiro atoms. The lowest BCUT2D eigenvalue weighted by molar-refractivity contribution is 0.0200. The molecule has 2 aliphatic rings. The van der Waals surface area contributed by atoms with Gasteiger partial charge in [-0.25, -0.2) is 8.78 Å². The summed E-state index contributed by atoms with van der Waals surface area (Å²) in [7, 11) is 0. The molecule has 0 amide bonds. The Balaban J connectivity index is 1.62. The van der Waals surface area contributed by atoms with Crippen molar-refractivity contribution in [3.8, 4) is 0 Å². The second-order valence-electron chi connectivity index (χ2n) is 7.32. The van der Waals surface area contributed by atoms with E-state index >= 15 is 0 Å². The van der Waals surface area contributed by atoms with Crippen molar-refractivity contribution in [2.24, 2.45) is 11.8 Å². The predicted molar refractivity (Wildman–Crippen MR) is 93.1 cm³/mol. The molecule has 1 saturated carbocycles. The van der Waals surface area contributed by atoms with Gasteiger partial charge >= 0.3 is 0 Å². The quantitative estimate of drug-likeness (QED) is 0.621. The van der Waals surface area contributed by atoms with Crippen LogP contribution in [0.3, 0.4) is 0 Å². The van der Waals surface area contributed by atoms with Crippen LogP contribution >= 0.6 is 0 Å². The summed E-state index contributed by atoms with van der Waals surface area (Å²) in [6, 6.07) is 3.43. The fourth-order valence-corrected chi connectivity index (χ4v) is 4.36. The summed E-state index contributed by atoms with van der Waals surface area (Å²) in [5.74, 6) is -0.0469. The van der Waals surface area contributed by atoms with Crippen LogP contribution in [0.1, 0.15) is 62.5 Å². The number of allylic oxidation sites excluding steroid dienone is 2. The van der Waals surface area contributed by atoms with Crippen LogP contribution in [0.4, 0.5) is 8.78 Å². The van der Waals surface area contributed by atoms with Crippen molar-refractivity contribution >= 4 is 0 Å². The number of benzene rings is 1. The van der Waals surface area contributed by atoms with Gasteiger partial charge < -0.3 is 4.74 Å². The standard InChI is InChI=1S/C21H28F2O/c1-3-24-18-11-9-16(10-12-18)15-5-7-17(8-6-15)19-13-4-14(2)20(22)21(19)23/h4-5,7,13,15-18H,3,6,8-12H2,1-2H3. The molecule has 0 saturated heterocycles. The highest BCUT2D eigenvalue weighted by Crippen LogP contribution is 2.40. The van der Waals surface area contributed by atoms with Gasteiger partial charge in [0.2, 0.25) is 0 Å². The van der Waals surface area contributed by atoms with Crippen LogP contribution in [-0.2, 0) is 4.74 Å². The molecular weight excluding hydrogens is 306 g/mol. The topological polar surface area (TPSA) is 9.23 Å². The smallest absolute Gasteiger partial charge is 0.162 e. The van der Waals surface area contributed by atoms with Gasteiger partial charge in [0.15, 0.2) is 11.6 Å². The van der Waals surface area contributed by atoms with E-state index in [0.29, 0.717) is 23.1 Å². The molecule has 2 aliphatic carbocycles. The lowest BCUT2D eigenvalue weighted by Gasteiger charge is -2.35. The fourth-order valence-electron chi connectivity index (χ4n) is 4.36. The molecule has 0 radical (unpaired) electrons. The molecule has 2 atom stereocenters. The highest BCUT2D eigenvalue weighted by Gasteiger charge is 2.29. The van der Waals surface area contributed by atoms with Crippen LogP contribution in [0.25, 0.3) is 0 Å². The monoisotopic (exact) mass is 334 g/mol. The molecular formula is C21H28F2O. The molecule has 24 heavy (non-hydrogen) atoms. The van der Waals surface area contributed by atoms with Crippen molar-refractivity contribution in [2.75, 3.05) is 6.61 Å². The van der Waals surface area contributed by atoms with Crippen molar-refractivity contribution in [2.45, 2.75) is 64.4 Å². The van der Waals surface area contributed by atoms with Gasteiger partial charge in [-0.15, -0.1) is 0 Å². The molecule has 0 bridgehead atoms. The van der Waals surface area contributed by atoms with Gasteiger partial charge in [-0.3, -0.25) is 0 Å². The van der Waals surface area contributed by atoms with Crippen LogP contribution in [-0.4, -0.2) is 12.7 Å². The van der Waals surface area contributed by atoms with Gasteiger partial charge in [-0.1, -0.05) is 24.3 Å². The van der Waals surface area contributed by atoms with Gasteiger partial charge in [0.25, 0.3) is 0 Å². The van der Waals surface area contributed by atoms with Crippen LogP contribution in [0, 0.1) is 30.4 Å². The molecule has 1 nitrogen and oxygen atoms in total. The maximum absolute atomic E-state index is 14.2. The van der Waals surface area contributed by atoms with E-state index < -0.39 is 11.6 Å². The van der Waals surface area contributed by atoms with E-state index in [4.69, 9.17) is 4.74 Å². The van der Waals surface area contributed by atoms with Crippen molar-refractivity contribution in [3.05, 3.63) is 47.0 Å². The van der Waals surface area contributed by atoms with Gasteiger partial charge in [-0.05, 0) is 75.3 Å². The maximum Gasteiger partial charge on any atom is 0.162 e. The number of halogens is 2. The van der Waals surface area contributed by atoms with Gasteiger partial charge in [0.1, 0.15) is 0 Å². The number of aryl methyl sites for hydroxylation is 1. The molecule has 0 aliphatic heterocycles. The van der Waals surface area contributed by atoms with Crippen molar-refractivity contribution in [1.82, 2.24) is 0 Å². The van der Waals surface area contributed by atoms with Gasteiger partial charge in [-0.2, -0.15) is 0 Å². The van der Waals surface area contributed by atoms with E-state index in [0.717, 1.165) is 38.2 Å². The summed E-state index contributed by atoms with van der Waals surface area (Å²) in [6.45, 7) is 4.47. The third-order valence-corrected chi connectivity index (χ3v) is 5.83. The van der Waals surface area contributed by atoms with E-state index in [1.165, 1.54) is 12.8 Å². The lowest BCUT2D eigenvalue weighted by Crippen LogP contribution is -2.26. The molecule has 132 valence electrons. The second kappa shape index (κ2) is 7.77. The van der Waals surface area contributed by atoms with Crippen LogP contribution < -0.4 is 0 Å². The first-order valence-electron chi connectivity index (χ1n) is 9.34. The zero-order valence-corrected chi connectivity index (χ0v) is 14.7. The Morgan fingerprint density at radius 3 is 2.33 bits per heavy atom. The van der Waals surface area contributed by atoms with Crippen molar-refractivity contribution < 1.29 is 13.5 Å². The summed E-state index contributed by atoms with van der Waals surface area (Å²) >= 11 is 0. The Kier molecular flexibility index (Phi) is 5.70. The minimum Gasteiger partial charge on any atom is -0.379 e. The first-order valence-corrected chi connectivity index (χ1v) is 9.34. The number of hydrogen-bond donors (Lipinski definition) is 0. The summed E-state index contributed by atoms with van der Waals surface area (Å²) < 4.78 is 33.7. The molecule has 1 aromatic carbocycles. The zero-order chi connectivity index (χ0) is 17.1. The van der Waals surface area contributed by atoms with E-state index in [1.54, 1.807) is 19.1 Å². The Labute approximate surface area is 144 Å². The average molecular weight is 334 g/mol. The van der Waals surface area contributed by atoms with E-state index in [2.05, 4.69) is 19.1 Å². The summed E-state index contributed by atoms with van der Waals surface area (Å²) in [5, 5.41) is 0. The Bertz CT molecular complexity index is 588. The van der Waals surface area contributed by atoms with Crippen LogP contribution in [0.15, 0.2) is 24.3 Å². The van der Waals surface area contributed by atoms with E-state index in [9.17, 15) is 8.78 Å². The molecule has 3 heteroatoms. The van der Waals surface area contributed by atoms with Crippen molar-refractivity contribution in [1.29, 1.82) is 0 Å². The minimum absolute atomic E-state index is 0.0103. The highest BCUT2D eigenvalue weighted by molar-refractivity contribution is 5.31. The first kappa shape index (κ1) is 17.6. The summed E-state index contributed by atoms with van der Waals surface area (Å²) in [5.41, 5.74) is 0.882. The number of hydrogen-bond acceptors (Lipinski definition) is 1. The second-order valence-corrected chi connectivity index (χ2v) is 7.32. The molecule has 0 aromatic heterocycles. The van der Waals surface area contributed by atoms with Gasteiger partial charge in [0.05, 0.1) is 6.10 Å².